The SMILES string of the molecule is CC(C)[C@@H](NC(=O)[C@H](Cc1c[nH]c2ccccc12)NC(=O)[C@H](N)Cc1ccc(O)cc1)C(=O)O. The number of carboxylic acid groups (broad SMARTS) is 1. The number of hydrogen-bond acceptors (Lipinski definition) is 5. The summed E-state index contributed by atoms with van der Waals surface area (Å²) in [5.74, 6) is -2.52. The summed E-state index contributed by atoms with van der Waals surface area (Å²) in [6.07, 6.45) is 2.12. The predicted octanol–water partition coefficient (Wildman–Crippen LogP) is 1.70. The first-order chi connectivity index (χ1) is 16.2. The van der Waals surface area contributed by atoms with Gasteiger partial charge in [0.2, 0.25) is 11.8 Å². The quantitative estimate of drug-likeness (QED) is 0.267. The van der Waals surface area contributed by atoms with Crippen molar-refractivity contribution in [2.24, 2.45) is 11.7 Å². The molecule has 9 heteroatoms. The van der Waals surface area contributed by atoms with E-state index in [1.165, 1.54) is 12.1 Å². The Morgan fingerprint density at radius 3 is 2.29 bits per heavy atom. The number of carboxylic acids is 1. The third-order valence-corrected chi connectivity index (χ3v) is 5.69. The van der Waals surface area contributed by atoms with Crippen LogP contribution in [0.2, 0.25) is 0 Å². The molecular formula is C25H30N4O5. The molecule has 2 amide bonds. The summed E-state index contributed by atoms with van der Waals surface area (Å²) >= 11 is 0. The number of aromatic hydroxyl groups is 1. The van der Waals surface area contributed by atoms with Gasteiger partial charge >= 0.3 is 5.97 Å². The van der Waals surface area contributed by atoms with Crippen molar-refractivity contribution in [1.29, 1.82) is 0 Å². The van der Waals surface area contributed by atoms with E-state index in [1.54, 1.807) is 32.2 Å². The minimum absolute atomic E-state index is 0.107. The van der Waals surface area contributed by atoms with Crippen LogP contribution in [-0.4, -0.2) is 51.1 Å². The summed E-state index contributed by atoms with van der Waals surface area (Å²) in [6, 6.07) is 10.8. The lowest BCUT2D eigenvalue weighted by Gasteiger charge is -2.24. The molecule has 34 heavy (non-hydrogen) atoms. The van der Waals surface area contributed by atoms with Crippen molar-refractivity contribution in [3.63, 3.8) is 0 Å². The molecule has 3 rings (SSSR count). The molecule has 7 N–H and O–H groups in total. The maximum Gasteiger partial charge on any atom is 0.326 e. The zero-order valence-electron chi connectivity index (χ0n) is 19.1. The van der Waals surface area contributed by atoms with Gasteiger partial charge in [0.15, 0.2) is 0 Å². The van der Waals surface area contributed by atoms with Crippen LogP contribution < -0.4 is 16.4 Å². The number of nitrogens with one attached hydrogen (secondary N) is 3. The van der Waals surface area contributed by atoms with E-state index in [1.807, 2.05) is 24.3 Å². The minimum Gasteiger partial charge on any atom is -0.508 e. The van der Waals surface area contributed by atoms with E-state index < -0.39 is 35.9 Å². The molecule has 0 radical (unpaired) electrons. The number of hydrogen-bond donors (Lipinski definition) is 6. The highest BCUT2D eigenvalue weighted by Crippen LogP contribution is 2.19. The molecule has 0 aliphatic heterocycles. The summed E-state index contributed by atoms with van der Waals surface area (Å²) in [6.45, 7) is 3.39. The average Bonchev–Trinajstić information content (AvgIpc) is 3.20. The molecule has 0 saturated carbocycles. The van der Waals surface area contributed by atoms with E-state index in [-0.39, 0.29) is 24.5 Å². The third-order valence-electron chi connectivity index (χ3n) is 5.69. The number of phenolic OH excluding ortho intramolecular Hbond substituents is 1. The fraction of sp³-hybridized carbons (Fsp3) is 0.320. The Kier molecular flexibility index (Phi) is 7.91. The number of fused-ring (bicyclic) bond motifs is 1. The fourth-order valence-electron chi connectivity index (χ4n) is 3.75. The molecule has 1 heterocycles. The van der Waals surface area contributed by atoms with Gasteiger partial charge in [-0.05, 0) is 41.7 Å². The number of aliphatic carboxylic acids is 1. The number of carbonyl (C=O) groups is 3. The van der Waals surface area contributed by atoms with E-state index in [4.69, 9.17) is 5.73 Å². The summed E-state index contributed by atoms with van der Waals surface area (Å²) in [5, 5.41) is 25.1. The summed E-state index contributed by atoms with van der Waals surface area (Å²) < 4.78 is 0. The number of benzene rings is 2. The molecule has 0 fully saturated rings. The van der Waals surface area contributed by atoms with Crippen LogP contribution in [0.4, 0.5) is 0 Å². The number of H-pyrrole nitrogens is 1. The molecule has 3 atom stereocenters. The highest BCUT2D eigenvalue weighted by Gasteiger charge is 2.30. The van der Waals surface area contributed by atoms with Crippen molar-refractivity contribution in [1.82, 2.24) is 15.6 Å². The van der Waals surface area contributed by atoms with E-state index >= 15 is 0 Å². The zero-order chi connectivity index (χ0) is 24.8. The first-order valence-electron chi connectivity index (χ1n) is 11.1. The monoisotopic (exact) mass is 466 g/mol. The third kappa shape index (κ3) is 6.14. The van der Waals surface area contributed by atoms with Crippen LogP contribution in [-0.2, 0) is 27.2 Å². The van der Waals surface area contributed by atoms with Crippen molar-refractivity contribution in [2.75, 3.05) is 0 Å². The average molecular weight is 467 g/mol. The van der Waals surface area contributed by atoms with E-state index in [9.17, 15) is 24.6 Å². The van der Waals surface area contributed by atoms with Crippen molar-refractivity contribution in [3.8, 4) is 5.75 Å². The van der Waals surface area contributed by atoms with Crippen molar-refractivity contribution in [2.45, 2.75) is 44.8 Å². The molecule has 0 aliphatic carbocycles. The molecule has 9 nitrogen and oxygen atoms in total. The normalized spacial score (nSPS) is 13.9. The van der Waals surface area contributed by atoms with Crippen LogP contribution in [0.3, 0.4) is 0 Å². The number of aromatic nitrogens is 1. The van der Waals surface area contributed by atoms with Gasteiger partial charge < -0.3 is 31.6 Å². The molecule has 0 saturated heterocycles. The van der Waals surface area contributed by atoms with Gasteiger partial charge in [0, 0.05) is 23.5 Å². The molecule has 180 valence electrons. The Morgan fingerprint density at radius 2 is 1.65 bits per heavy atom. The second-order valence-electron chi connectivity index (χ2n) is 8.67. The molecule has 0 unspecified atom stereocenters. The Hall–Kier alpha value is -3.85. The predicted molar refractivity (Wildman–Crippen MR) is 128 cm³/mol. The van der Waals surface area contributed by atoms with Crippen LogP contribution >= 0.6 is 0 Å². The van der Waals surface area contributed by atoms with E-state index in [2.05, 4.69) is 15.6 Å². The van der Waals surface area contributed by atoms with Crippen molar-refractivity contribution < 1.29 is 24.6 Å². The molecule has 0 aliphatic rings. The number of aromatic amines is 1. The van der Waals surface area contributed by atoms with Gasteiger partial charge in [-0.3, -0.25) is 9.59 Å². The molecule has 3 aromatic rings. The van der Waals surface area contributed by atoms with Crippen LogP contribution in [0, 0.1) is 5.92 Å². The largest absolute Gasteiger partial charge is 0.508 e. The molecule has 1 aromatic heterocycles. The van der Waals surface area contributed by atoms with Crippen LogP contribution in [0.25, 0.3) is 10.9 Å². The standard InChI is InChI=1S/C25H30N4O5/c1-14(2)22(25(33)34)29-24(32)21(12-16-13-27-20-6-4-3-5-18(16)20)28-23(31)19(26)11-15-7-9-17(30)10-8-15/h3-10,13-14,19,21-22,27,30H,11-12,26H2,1-2H3,(H,28,31)(H,29,32)(H,33,34)/t19-,21+,22-/m1/s1. The highest BCUT2D eigenvalue weighted by molar-refractivity contribution is 5.93. The maximum absolute atomic E-state index is 13.1. The zero-order valence-corrected chi connectivity index (χ0v) is 19.1. The lowest BCUT2D eigenvalue weighted by Crippen LogP contribution is -2.56. The Labute approximate surface area is 197 Å². The van der Waals surface area contributed by atoms with Gasteiger partial charge in [0.25, 0.3) is 0 Å². The number of amides is 2. The molecular weight excluding hydrogens is 436 g/mol. The van der Waals surface area contributed by atoms with Crippen molar-refractivity contribution in [3.05, 3.63) is 65.9 Å². The van der Waals surface area contributed by atoms with Gasteiger partial charge in [-0.25, -0.2) is 4.79 Å². The Bertz CT molecular complexity index is 1160. The van der Waals surface area contributed by atoms with Gasteiger partial charge in [0.05, 0.1) is 6.04 Å². The number of nitrogens with two attached hydrogens (primary N) is 1. The van der Waals surface area contributed by atoms with Gasteiger partial charge in [0.1, 0.15) is 17.8 Å². The Morgan fingerprint density at radius 1 is 0.971 bits per heavy atom. The van der Waals surface area contributed by atoms with Crippen LogP contribution in [0.5, 0.6) is 5.75 Å². The van der Waals surface area contributed by atoms with Gasteiger partial charge in [-0.1, -0.05) is 44.2 Å². The first kappa shape index (κ1) is 24.8. The summed E-state index contributed by atoms with van der Waals surface area (Å²) in [7, 11) is 0. The van der Waals surface area contributed by atoms with Crippen molar-refractivity contribution >= 4 is 28.7 Å². The van der Waals surface area contributed by atoms with E-state index in [0.717, 1.165) is 22.0 Å². The maximum atomic E-state index is 13.1. The fourth-order valence-corrected chi connectivity index (χ4v) is 3.75. The lowest BCUT2D eigenvalue weighted by molar-refractivity contribution is -0.143. The topological polar surface area (TPSA) is 158 Å². The second-order valence-corrected chi connectivity index (χ2v) is 8.67. The number of carbonyl (C=O) groups excluding carboxylic acids is 2. The number of phenols is 1. The second kappa shape index (κ2) is 10.8. The molecule has 0 spiro atoms. The Balaban J connectivity index is 1.79. The lowest BCUT2D eigenvalue weighted by atomic mass is 10.0. The molecule has 2 aromatic carbocycles. The van der Waals surface area contributed by atoms with Crippen LogP contribution in [0.15, 0.2) is 54.7 Å². The van der Waals surface area contributed by atoms with E-state index in [0.29, 0.717) is 0 Å². The van der Waals surface area contributed by atoms with Crippen LogP contribution in [0.1, 0.15) is 25.0 Å². The number of rotatable bonds is 10. The molecule has 0 bridgehead atoms. The van der Waals surface area contributed by atoms with Gasteiger partial charge in [-0.2, -0.15) is 0 Å². The van der Waals surface area contributed by atoms with Gasteiger partial charge in [-0.15, -0.1) is 0 Å². The first-order valence-corrected chi connectivity index (χ1v) is 11.1. The number of para-hydroxylation sites is 1. The summed E-state index contributed by atoms with van der Waals surface area (Å²) in [5.41, 5.74) is 8.54. The highest BCUT2D eigenvalue weighted by atomic mass is 16.4. The minimum atomic E-state index is -1.15. The summed E-state index contributed by atoms with van der Waals surface area (Å²) in [4.78, 5) is 40.7. The smallest absolute Gasteiger partial charge is 0.326 e.